The second-order valence-electron chi connectivity index (χ2n) is 1.62. The Morgan fingerprint density at radius 1 is 1.71 bits per heavy atom. The Morgan fingerprint density at radius 2 is 2.29 bits per heavy atom. The van der Waals surface area contributed by atoms with Crippen molar-refractivity contribution in [2.75, 3.05) is 13.7 Å². The predicted octanol–water partition coefficient (Wildman–Crippen LogP) is 0.370. The fraction of sp³-hybridized carbons (Fsp3) is 1.00. The van der Waals surface area contributed by atoms with Crippen LogP contribution in [0, 0.1) is 0 Å². The molecule has 44 valence electrons. The minimum atomic E-state index is 0.324. The molecule has 0 aromatic carbocycles. The molecule has 0 aliphatic heterocycles. The topological polar surface area (TPSA) is 35.2 Å². The molecule has 0 aromatic heterocycles. The van der Waals surface area contributed by atoms with E-state index in [1.165, 1.54) is 0 Å². The summed E-state index contributed by atoms with van der Waals surface area (Å²) < 4.78 is 4.91. The number of ether oxygens (including phenoxy) is 1. The van der Waals surface area contributed by atoms with E-state index in [4.69, 9.17) is 10.5 Å². The maximum absolute atomic E-state index is 5.22. The van der Waals surface area contributed by atoms with Gasteiger partial charge in [-0.25, -0.2) is 0 Å². The first-order valence-corrected chi connectivity index (χ1v) is 2.54. The van der Waals surface area contributed by atoms with E-state index in [9.17, 15) is 0 Å². The van der Waals surface area contributed by atoms with Gasteiger partial charge in [0, 0.05) is 7.11 Å². The first-order chi connectivity index (χ1) is 3.31. The largest absolute Gasteiger partial charge is 0.382 e. The molecule has 7 heavy (non-hydrogen) atoms. The zero-order valence-corrected chi connectivity index (χ0v) is 4.98. The van der Waals surface area contributed by atoms with E-state index in [1.807, 2.05) is 6.92 Å². The predicted molar refractivity (Wildman–Crippen MR) is 30.1 cm³/mol. The fourth-order valence-electron chi connectivity index (χ4n) is 0.353. The molecule has 0 heterocycles. The summed E-state index contributed by atoms with van der Waals surface area (Å²) >= 11 is 0. The SMILES string of the molecule is CO[C@H](C)CCN. The van der Waals surface area contributed by atoms with Crippen molar-refractivity contribution in [3.63, 3.8) is 0 Å². The average molecular weight is 103 g/mol. The van der Waals surface area contributed by atoms with Gasteiger partial charge in [-0.3, -0.25) is 0 Å². The van der Waals surface area contributed by atoms with Crippen molar-refractivity contribution < 1.29 is 4.74 Å². The molecule has 0 saturated heterocycles. The van der Waals surface area contributed by atoms with Gasteiger partial charge in [0.25, 0.3) is 0 Å². The molecule has 2 nitrogen and oxygen atoms in total. The third kappa shape index (κ3) is 3.76. The highest BCUT2D eigenvalue weighted by Crippen LogP contribution is 1.89. The van der Waals surface area contributed by atoms with Gasteiger partial charge in [0.2, 0.25) is 0 Å². The molecule has 0 aromatic rings. The van der Waals surface area contributed by atoms with Crippen molar-refractivity contribution in [3.8, 4) is 0 Å². The van der Waals surface area contributed by atoms with Crippen molar-refractivity contribution in [3.05, 3.63) is 0 Å². The summed E-state index contributed by atoms with van der Waals surface area (Å²) in [6, 6.07) is 0. The first kappa shape index (κ1) is 6.92. The Morgan fingerprint density at radius 3 is 2.43 bits per heavy atom. The van der Waals surface area contributed by atoms with Crippen LogP contribution in [-0.2, 0) is 4.74 Å². The minimum Gasteiger partial charge on any atom is -0.382 e. The van der Waals surface area contributed by atoms with Crippen LogP contribution in [0.15, 0.2) is 0 Å². The highest BCUT2D eigenvalue weighted by molar-refractivity contribution is 4.46. The lowest BCUT2D eigenvalue weighted by molar-refractivity contribution is 0.113. The summed E-state index contributed by atoms with van der Waals surface area (Å²) in [4.78, 5) is 0. The van der Waals surface area contributed by atoms with Crippen molar-refractivity contribution in [1.82, 2.24) is 0 Å². The van der Waals surface area contributed by atoms with Gasteiger partial charge in [-0.1, -0.05) is 0 Å². The molecule has 0 aliphatic rings. The van der Waals surface area contributed by atoms with Gasteiger partial charge in [0.15, 0.2) is 0 Å². The Balaban J connectivity index is 2.83. The van der Waals surface area contributed by atoms with Crippen LogP contribution in [0.4, 0.5) is 0 Å². The Hall–Kier alpha value is -0.0800. The maximum atomic E-state index is 5.22. The number of methoxy groups -OCH3 is 1. The van der Waals surface area contributed by atoms with E-state index < -0.39 is 0 Å². The van der Waals surface area contributed by atoms with Crippen LogP contribution in [0.3, 0.4) is 0 Å². The summed E-state index contributed by atoms with van der Waals surface area (Å²) in [5, 5.41) is 0. The number of hydrogen-bond acceptors (Lipinski definition) is 2. The molecular weight excluding hydrogens is 90.1 g/mol. The molecule has 0 aliphatic carbocycles. The fourth-order valence-corrected chi connectivity index (χ4v) is 0.353. The van der Waals surface area contributed by atoms with Gasteiger partial charge in [0.1, 0.15) is 0 Å². The smallest absolute Gasteiger partial charge is 0.0555 e. The monoisotopic (exact) mass is 103 g/mol. The van der Waals surface area contributed by atoms with Crippen LogP contribution < -0.4 is 5.73 Å². The lowest BCUT2D eigenvalue weighted by Crippen LogP contribution is -2.11. The maximum Gasteiger partial charge on any atom is 0.0555 e. The summed E-state index contributed by atoms with van der Waals surface area (Å²) in [6.07, 6.45) is 1.28. The molecule has 0 amide bonds. The standard InChI is InChI=1S/C5H13NO/c1-5(7-2)3-4-6/h5H,3-4,6H2,1-2H3/t5-/m1/s1. The Kier molecular flexibility index (Phi) is 4.04. The molecule has 0 unspecified atom stereocenters. The molecule has 0 saturated carbocycles. The van der Waals surface area contributed by atoms with Crippen LogP contribution in [0.25, 0.3) is 0 Å². The Labute approximate surface area is 44.7 Å². The average Bonchev–Trinajstić information content (AvgIpc) is 1.68. The summed E-state index contributed by atoms with van der Waals surface area (Å²) in [6.45, 7) is 2.72. The van der Waals surface area contributed by atoms with Gasteiger partial charge >= 0.3 is 0 Å². The molecule has 0 radical (unpaired) electrons. The van der Waals surface area contributed by atoms with E-state index >= 15 is 0 Å². The second kappa shape index (κ2) is 4.09. The third-order valence-corrected chi connectivity index (χ3v) is 0.976. The normalized spacial score (nSPS) is 14.1. The summed E-state index contributed by atoms with van der Waals surface area (Å²) in [5.41, 5.74) is 5.22. The van der Waals surface area contributed by atoms with Crippen LogP contribution in [0.5, 0.6) is 0 Å². The van der Waals surface area contributed by atoms with Crippen molar-refractivity contribution in [2.24, 2.45) is 5.73 Å². The molecule has 0 rings (SSSR count). The quantitative estimate of drug-likeness (QED) is 0.560. The van der Waals surface area contributed by atoms with Crippen molar-refractivity contribution >= 4 is 0 Å². The molecule has 2 N–H and O–H groups in total. The van der Waals surface area contributed by atoms with Crippen molar-refractivity contribution in [1.29, 1.82) is 0 Å². The number of rotatable bonds is 3. The van der Waals surface area contributed by atoms with E-state index in [-0.39, 0.29) is 0 Å². The number of nitrogens with two attached hydrogens (primary N) is 1. The van der Waals surface area contributed by atoms with E-state index in [1.54, 1.807) is 7.11 Å². The van der Waals surface area contributed by atoms with Gasteiger partial charge in [-0.15, -0.1) is 0 Å². The molecule has 2 heteroatoms. The van der Waals surface area contributed by atoms with Gasteiger partial charge < -0.3 is 10.5 Å². The van der Waals surface area contributed by atoms with Crippen molar-refractivity contribution in [2.45, 2.75) is 19.4 Å². The van der Waals surface area contributed by atoms with Crippen LogP contribution >= 0.6 is 0 Å². The molecule has 0 bridgehead atoms. The van der Waals surface area contributed by atoms with E-state index in [0.29, 0.717) is 6.10 Å². The number of hydrogen-bond donors (Lipinski definition) is 1. The van der Waals surface area contributed by atoms with Crippen LogP contribution in [0.1, 0.15) is 13.3 Å². The third-order valence-electron chi connectivity index (χ3n) is 0.976. The molecule has 0 fully saturated rings. The highest BCUT2D eigenvalue weighted by atomic mass is 16.5. The zero-order valence-electron chi connectivity index (χ0n) is 4.98. The highest BCUT2D eigenvalue weighted by Gasteiger charge is 1.92. The second-order valence-corrected chi connectivity index (χ2v) is 1.62. The van der Waals surface area contributed by atoms with Gasteiger partial charge in [-0.2, -0.15) is 0 Å². The van der Waals surface area contributed by atoms with Gasteiger partial charge in [0.05, 0.1) is 6.10 Å². The minimum absolute atomic E-state index is 0.324. The lowest BCUT2D eigenvalue weighted by atomic mass is 10.3. The molecule has 0 spiro atoms. The van der Waals surface area contributed by atoms with E-state index in [0.717, 1.165) is 13.0 Å². The zero-order chi connectivity index (χ0) is 5.70. The summed E-state index contributed by atoms with van der Waals surface area (Å²) in [5.74, 6) is 0. The molecular formula is C5H13NO. The lowest BCUT2D eigenvalue weighted by Gasteiger charge is -2.04. The van der Waals surface area contributed by atoms with E-state index in [2.05, 4.69) is 0 Å². The Bertz CT molecular complexity index is 39.1. The van der Waals surface area contributed by atoms with Crippen LogP contribution in [-0.4, -0.2) is 19.8 Å². The van der Waals surface area contributed by atoms with Crippen LogP contribution in [0.2, 0.25) is 0 Å². The first-order valence-electron chi connectivity index (χ1n) is 2.54. The van der Waals surface area contributed by atoms with Gasteiger partial charge in [-0.05, 0) is 19.9 Å². The summed E-state index contributed by atoms with van der Waals surface area (Å²) in [7, 11) is 1.69. The molecule has 1 atom stereocenters.